The zero-order valence-corrected chi connectivity index (χ0v) is 15.1. The van der Waals surface area contributed by atoms with Gasteiger partial charge in [-0.15, -0.1) is 0 Å². The molecule has 5 nitrogen and oxygen atoms in total. The third-order valence-corrected chi connectivity index (χ3v) is 5.49. The number of fused-ring (bicyclic) bond motifs is 2. The number of hydrogen-bond acceptors (Lipinski definition) is 3. The number of ether oxygens (including phenoxy) is 2. The van der Waals surface area contributed by atoms with Crippen molar-refractivity contribution in [1.82, 2.24) is 9.88 Å². The van der Waals surface area contributed by atoms with Crippen LogP contribution in [0, 0.1) is 0 Å². The first-order valence-electron chi connectivity index (χ1n) is 9.58. The Hall–Kier alpha value is -2.95. The van der Waals surface area contributed by atoms with Crippen LogP contribution in [0.15, 0.2) is 48.7 Å². The Bertz CT molecular complexity index is 994. The van der Waals surface area contributed by atoms with Gasteiger partial charge in [-0.05, 0) is 36.6 Å². The molecule has 1 fully saturated rings. The van der Waals surface area contributed by atoms with E-state index in [0.717, 1.165) is 59.3 Å². The van der Waals surface area contributed by atoms with Gasteiger partial charge in [-0.3, -0.25) is 4.79 Å². The summed E-state index contributed by atoms with van der Waals surface area (Å²) in [5.41, 5.74) is 2.85. The molecule has 3 heterocycles. The molecule has 0 saturated carbocycles. The number of aromatic amines is 1. The van der Waals surface area contributed by atoms with Crippen LogP contribution in [0.3, 0.4) is 0 Å². The van der Waals surface area contributed by atoms with E-state index in [0.29, 0.717) is 13.2 Å². The van der Waals surface area contributed by atoms with Crippen LogP contribution < -0.4 is 9.47 Å². The SMILES string of the molecule is O=C(c1c[nH]c2ccccc12)N1CCC[C@H]1c1ccc2c(c1)OCCCO2. The molecular formula is C22H22N2O3. The second-order valence-electron chi connectivity index (χ2n) is 7.16. The second kappa shape index (κ2) is 6.65. The number of aromatic nitrogens is 1. The minimum Gasteiger partial charge on any atom is -0.490 e. The van der Waals surface area contributed by atoms with Crippen LogP contribution >= 0.6 is 0 Å². The Morgan fingerprint density at radius 3 is 2.81 bits per heavy atom. The van der Waals surface area contributed by atoms with E-state index in [-0.39, 0.29) is 11.9 Å². The average Bonchev–Trinajstić information content (AvgIpc) is 3.29. The van der Waals surface area contributed by atoms with Crippen molar-refractivity contribution in [2.75, 3.05) is 19.8 Å². The van der Waals surface area contributed by atoms with E-state index in [2.05, 4.69) is 11.1 Å². The van der Waals surface area contributed by atoms with E-state index in [4.69, 9.17) is 9.47 Å². The number of H-pyrrole nitrogens is 1. The lowest BCUT2D eigenvalue weighted by atomic mass is 10.0. The molecule has 1 atom stereocenters. The van der Waals surface area contributed by atoms with Crippen LogP contribution in [0.25, 0.3) is 10.9 Å². The maximum atomic E-state index is 13.3. The van der Waals surface area contributed by atoms with Gasteiger partial charge in [0.2, 0.25) is 0 Å². The molecule has 2 aromatic carbocycles. The first-order valence-corrected chi connectivity index (χ1v) is 9.58. The first-order chi connectivity index (χ1) is 13.3. The van der Waals surface area contributed by atoms with Crippen molar-refractivity contribution in [2.24, 2.45) is 0 Å². The van der Waals surface area contributed by atoms with Crippen molar-refractivity contribution < 1.29 is 14.3 Å². The van der Waals surface area contributed by atoms with Gasteiger partial charge in [0.05, 0.1) is 24.8 Å². The Labute approximate surface area is 157 Å². The van der Waals surface area contributed by atoms with Crippen LogP contribution in [-0.4, -0.2) is 35.5 Å². The number of nitrogens with one attached hydrogen (secondary N) is 1. The van der Waals surface area contributed by atoms with Gasteiger partial charge in [-0.25, -0.2) is 0 Å². The zero-order chi connectivity index (χ0) is 18.2. The van der Waals surface area contributed by atoms with Gasteiger partial charge in [-0.1, -0.05) is 24.3 Å². The normalized spacial score (nSPS) is 19.3. The minimum atomic E-state index is 0.0725. The van der Waals surface area contributed by atoms with E-state index >= 15 is 0 Å². The maximum Gasteiger partial charge on any atom is 0.256 e. The number of benzene rings is 2. The fraction of sp³-hybridized carbons (Fsp3) is 0.318. The summed E-state index contributed by atoms with van der Waals surface area (Å²) in [5.74, 6) is 1.67. The minimum absolute atomic E-state index is 0.0725. The van der Waals surface area contributed by atoms with Gasteiger partial charge in [0.15, 0.2) is 11.5 Å². The predicted molar refractivity (Wildman–Crippen MR) is 103 cm³/mol. The lowest BCUT2D eigenvalue weighted by molar-refractivity contribution is 0.0737. The molecular weight excluding hydrogens is 340 g/mol. The Morgan fingerprint density at radius 2 is 1.89 bits per heavy atom. The van der Waals surface area contributed by atoms with Crippen LogP contribution in [0.2, 0.25) is 0 Å². The highest BCUT2D eigenvalue weighted by Crippen LogP contribution is 2.39. The summed E-state index contributed by atoms with van der Waals surface area (Å²) in [6.07, 6.45) is 4.69. The number of hydrogen-bond donors (Lipinski definition) is 1. The molecule has 1 amide bonds. The highest BCUT2D eigenvalue weighted by Gasteiger charge is 2.32. The van der Waals surface area contributed by atoms with Crippen LogP contribution in [-0.2, 0) is 0 Å². The first kappa shape index (κ1) is 16.2. The van der Waals surface area contributed by atoms with Crippen molar-refractivity contribution in [3.05, 3.63) is 59.8 Å². The van der Waals surface area contributed by atoms with Gasteiger partial charge in [0.25, 0.3) is 5.91 Å². The molecule has 0 unspecified atom stereocenters. The largest absolute Gasteiger partial charge is 0.490 e. The number of carbonyl (C=O) groups excluding carboxylic acids is 1. The number of likely N-dealkylation sites (tertiary alicyclic amines) is 1. The van der Waals surface area contributed by atoms with Crippen molar-refractivity contribution in [2.45, 2.75) is 25.3 Å². The average molecular weight is 362 g/mol. The lowest BCUT2D eigenvalue weighted by Crippen LogP contribution is -2.30. The fourth-order valence-corrected chi connectivity index (χ4v) is 4.15. The molecule has 5 heteroatoms. The second-order valence-corrected chi connectivity index (χ2v) is 7.16. The van der Waals surface area contributed by atoms with E-state index in [9.17, 15) is 4.79 Å². The van der Waals surface area contributed by atoms with E-state index in [1.54, 1.807) is 0 Å². The highest BCUT2D eigenvalue weighted by atomic mass is 16.5. The number of rotatable bonds is 2. The Morgan fingerprint density at radius 1 is 1.04 bits per heavy atom. The summed E-state index contributed by atoms with van der Waals surface area (Å²) >= 11 is 0. The summed E-state index contributed by atoms with van der Waals surface area (Å²) in [6, 6.07) is 14.1. The highest BCUT2D eigenvalue weighted by molar-refractivity contribution is 6.06. The number of nitrogens with zero attached hydrogens (tertiary/aromatic N) is 1. The molecule has 138 valence electrons. The molecule has 2 aliphatic rings. The van der Waals surface area contributed by atoms with Gasteiger partial charge in [0.1, 0.15) is 0 Å². The van der Waals surface area contributed by atoms with E-state index in [1.807, 2.05) is 47.5 Å². The summed E-state index contributed by atoms with van der Waals surface area (Å²) in [5, 5.41) is 0.979. The van der Waals surface area contributed by atoms with Crippen molar-refractivity contribution in [3.8, 4) is 11.5 Å². The smallest absolute Gasteiger partial charge is 0.256 e. The molecule has 3 aromatic rings. The van der Waals surface area contributed by atoms with Crippen molar-refractivity contribution in [3.63, 3.8) is 0 Å². The molecule has 1 saturated heterocycles. The molecule has 0 spiro atoms. The number of para-hydroxylation sites is 1. The van der Waals surface area contributed by atoms with Crippen LogP contribution in [0.5, 0.6) is 11.5 Å². The summed E-state index contributed by atoms with van der Waals surface area (Å²) in [6.45, 7) is 2.12. The van der Waals surface area contributed by atoms with Crippen LogP contribution in [0.1, 0.15) is 41.2 Å². The van der Waals surface area contributed by atoms with Gasteiger partial charge < -0.3 is 19.4 Å². The van der Waals surface area contributed by atoms with Crippen molar-refractivity contribution in [1.29, 1.82) is 0 Å². The number of amides is 1. The topological polar surface area (TPSA) is 54.6 Å². The standard InChI is InChI=1S/C22H22N2O3/c25-22(17-14-23-18-6-2-1-5-16(17)18)24-10-3-7-19(24)15-8-9-20-21(13-15)27-12-4-11-26-20/h1-2,5-6,8-9,13-14,19,23H,3-4,7,10-12H2/t19-/m0/s1. The van der Waals surface area contributed by atoms with E-state index < -0.39 is 0 Å². The lowest BCUT2D eigenvalue weighted by Gasteiger charge is -2.25. The number of carbonyl (C=O) groups is 1. The molecule has 1 aromatic heterocycles. The Balaban J connectivity index is 1.47. The molecule has 0 aliphatic carbocycles. The van der Waals surface area contributed by atoms with Gasteiger partial charge in [-0.2, -0.15) is 0 Å². The zero-order valence-electron chi connectivity index (χ0n) is 15.1. The van der Waals surface area contributed by atoms with Gasteiger partial charge in [0, 0.05) is 30.1 Å². The molecule has 5 rings (SSSR count). The Kier molecular flexibility index (Phi) is 4.00. The van der Waals surface area contributed by atoms with Crippen molar-refractivity contribution >= 4 is 16.8 Å². The maximum absolute atomic E-state index is 13.3. The summed E-state index contributed by atoms with van der Waals surface area (Å²) in [7, 11) is 0. The van der Waals surface area contributed by atoms with Crippen LogP contribution in [0.4, 0.5) is 0 Å². The third kappa shape index (κ3) is 2.83. The quantitative estimate of drug-likeness (QED) is 0.739. The van der Waals surface area contributed by atoms with E-state index in [1.165, 1.54) is 0 Å². The molecule has 2 aliphatic heterocycles. The molecule has 0 bridgehead atoms. The van der Waals surface area contributed by atoms with Gasteiger partial charge >= 0.3 is 0 Å². The summed E-state index contributed by atoms with van der Waals surface area (Å²) in [4.78, 5) is 18.5. The monoisotopic (exact) mass is 362 g/mol. The molecule has 27 heavy (non-hydrogen) atoms. The predicted octanol–water partition coefficient (Wildman–Crippen LogP) is 4.31. The fourth-order valence-electron chi connectivity index (χ4n) is 4.15. The molecule has 0 radical (unpaired) electrons. The molecule has 1 N–H and O–H groups in total. The third-order valence-electron chi connectivity index (χ3n) is 5.49. The summed E-state index contributed by atoms with van der Waals surface area (Å²) < 4.78 is 11.6.